The Hall–Kier alpha value is -1.84. The highest BCUT2D eigenvalue weighted by Gasteiger charge is 2.18. The summed E-state index contributed by atoms with van der Waals surface area (Å²) in [4.78, 5) is 17.3. The zero-order valence-corrected chi connectivity index (χ0v) is 9.18. The molecule has 2 rings (SSSR count). The van der Waals surface area contributed by atoms with Crippen molar-refractivity contribution in [3.63, 3.8) is 0 Å². The lowest BCUT2D eigenvalue weighted by atomic mass is 10.1. The number of pyridine rings is 1. The number of carboxylic acids is 1. The molecular weight excluding hydrogens is 204 g/mol. The lowest BCUT2D eigenvalue weighted by molar-refractivity contribution is 0.0697. The van der Waals surface area contributed by atoms with Gasteiger partial charge in [-0.25, -0.2) is 9.78 Å². The average Bonchev–Trinajstić information content (AvgIpc) is 2.29. The Balaban J connectivity index is 2.33. The molecule has 0 aromatic carbocycles. The van der Waals surface area contributed by atoms with Crippen LogP contribution in [0, 0.1) is 0 Å². The Morgan fingerprint density at radius 3 is 3.06 bits per heavy atom. The summed E-state index contributed by atoms with van der Waals surface area (Å²) in [7, 11) is 0. The van der Waals surface area contributed by atoms with E-state index in [9.17, 15) is 4.79 Å². The summed E-state index contributed by atoms with van der Waals surface area (Å²) in [5, 5.41) is 9.08. The van der Waals surface area contributed by atoms with Crippen LogP contribution < -0.4 is 4.90 Å². The summed E-state index contributed by atoms with van der Waals surface area (Å²) in [6.45, 7) is 3.64. The first-order chi connectivity index (χ1) is 7.68. The van der Waals surface area contributed by atoms with Crippen molar-refractivity contribution in [2.24, 2.45) is 0 Å². The van der Waals surface area contributed by atoms with Crippen LogP contribution in [-0.4, -0.2) is 29.1 Å². The number of rotatable bonds is 2. The molecule has 4 heteroatoms. The predicted molar refractivity (Wildman–Crippen MR) is 61.8 cm³/mol. The number of anilines is 1. The molecule has 0 fully saturated rings. The summed E-state index contributed by atoms with van der Waals surface area (Å²) in [6.07, 6.45) is 4.76. The van der Waals surface area contributed by atoms with Gasteiger partial charge in [-0.05, 0) is 25.5 Å². The summed E-state index contributed by atoms with van der Waals surface area (Å²) in [5.74, 6) is -0.349. The zero-order chi connectivity index (χ0) is 11.5. The molecule has 1 aromatic rings. The molecule has 0 atom stereocenters. The Morgan fingerprint density at radius 2 is 2.38 bits per heavy atom. The van der Waals surface area contributed by atoms with Crippen molar-refractivity contribution >= 4 is 11.8 Å². The minimum Gasteiger partial charge on any atom is -0.478 e. The van der Waals surface area contributed by atoms with Gasteiger partial charge >= 0.3 is 5.97 Å². The van der Waals surface area contributed by atoms with E-state index in [-0.39, 0.29) is 5.56 Å². The van der Waals surface area contributed by atoms with Crippen LogP contribution >= 0.6 is 0 Å². The van der Waals surface area contributed by atoms with Crippen molar-refractivity contribution < 1.29 is 9.90 Å². The normalized spacial score (nSPS) is 15.8. The highest BCUT2D eigenvalue weighted by Crippen LogP contribution is 2.21. The second kappa shape index (κ2) is 4.35. The van der Waals surface area contributed by atoms with Gasteiger partial charge in [-0.2, -0.15) is 0 Å². The van der Waals surface area contributed by atoms with Gasteiger partial charge in [0.1, 0.15) is 11.4 Å². The van der Waals surface area contributed by atoms with Gasteiger partial charge < -0.3 is 10.0 Å². The van der Waals surface area contributed by atoms with Crippen LogP contribution in [0.25, 0.3) is 0 Å². The van der Waals surface area contributed by atoms with E-state index in [4.69, 9.17) is 5.11 Å². The first-order valence-corrected chi connectivity index (χ1v) is 5.27. The lowest BCUT2D eigenvalue weighted by Gasteiger charge is -2.28. The predicted octanol–water partition coefficient (Wildman–Crippen LogP) is 1.94. The maximum Gasteiger partial charge on any atom is 0.339 e. The highest BCUT2D eigenvalue weighted by molar-refractivity contribution is 5.93. The minimum atomic E-state index is -0.921. The third-order valence-electron chi connectivity index (χ3n) is 2.65. The molecule has 1 aromatic heterocycles. The number of carboxylic acid groups (broad SMARTS) is 1. The summed E-state index contributed by atoms with van der Waals surface area (Å²) >= 11 is 0. The molecule has 0 saturated carbocycles. The minimum absolute atomic E-state index is 0.275. The molecule has 0 unspecified atom stereocenters. The Labute approximate surface area is 94.2 Å². The van der Waals surface area contributed by atoms with Gasteiger partial charge in [0.15, 0.2) is 0 Å². The molecule has 2 heterocycles. The fraction of sp³-hybridized carbons (Fsp3) is 0.333. The fourth-order valence-corrected chi connectivity index (χ4v) is 1.91. The summed E-state index contributed by atoms with van der Waals surface area (Å²) in [5.41, 5.74) is 1.53. The first kappa shape index (κ1) is 10.7. The van der Waals surface area contributed by atoms with Crippen molar-refractivity contribution in [1.82, 2.24) is 4.98 Å². The van der Waals surface area contributed by atoms with E-state index in [1.165, 1.54) is 5.57 Å². The molecule has 0 saturated heterocycles. The number of nitrogens with zero attached hydrogens (tertiary/aromatic N) is 2. The molecular formula is C12H14N2O2. The fourth-order valence-electron chi connectivity index (χ4n) is 1.91. The molecule has 0 amide bonds. The standard InChI is InChI=1S/C12H14N2O2/c1-9-4-3-7-14(8-9)11-10(12(15)16)5-2-6-13-11/h2,4-6H,3,7-8H2,1H3,(H,15,16). The molecule has 1 aliphatic rings. The number of carbonyl (C=O) groups is 1. The number of hydrogen-bond acceptors (Lipinski definition) is 3. The first-order valence-electron chi connectivity index (χ1n) is 5.27. The van der Waals surface area contributed by atoms with Gasteiger partial charge in [-0.15, -0.1) is 0 Å². The van der Waals surface area contributed by atoms with Crippen LogP contribution in [0.2, 0.25) is 0 Å². The van der Waals surface area contributed by atoms with E-state index >= 15 is 0 Å². The van der Waals surface area contributed by atoms with Crippen LogP contribution in [0.1, 0.15) is 23.7 Å². The molecule has 0 radical (unpaired) electrons. The third-order valence-corrected chi connectivity index (χ3v) is 2.65. The van der Waals surface area contributed by atoms with Gasteiger partial charge in [-0.3, -0.25) is 0 Å². The third kappa shape index (κ3) is 2.05. The largest absolute Gasteiger partial charge is 0.478 e. The lowest BCUT2D eigenvalue weighted by Crippen LogP contribution is -2.31. The van der Waals surface area contributed by atoms with Gasteiger partial charge in [0.25, 0.3) is 0 Å². The quantitative estimate of drug-likeness (QED) is 0.771. The van der Waals surface area contributed by atoms with Gasteiger partial charge in [0.2, 0.25) is 0 Å². The van der Waals surface area contributed by atoms with Gasteiger partial charge in [0, 0.05) is 19.3 Å². The van der Waals surface area contributed by atoms with Crippen LogP contribution in [0.15, 0.2) is 30.0 Å². The number of aromatic nitrogens is 1. The molecule has 0 bridgehead atoms. The SMILES string of the molecule is CC1=CCCN(c2ncccc2C(=O)O)C1. The molecule has 4 nitrogen and oxygen atoms in total. The second-order valence-corrected chi connectivity index (χ2v) is 3.94. The summed E-state index contributed by atoms with van der Waals surface area (Å²) < 4.78 is 0. The Bertz CT molecular complexity index is 440. The topological polar surface area (TPSA) is 53.4 Å². The average molecular weight is 218 g/mol. The van der Waals surface area contributed by atoms with E-state index in [2.05, 4.69) is 18.0 Å². The smallest absolute Gasteiger partial charge is 0.339 e. The zero-order valence-electron chi connectivity index (χ0n) is 9.18. The van der Waals surface area contributed by atoms with Crippen molar-refractivity contribution in [3.05, 3.63) is 35.5 Å². The monoisotopic (exact) mass is 218 g/mol. The Morgan fingerprint density at radius 1 is 1.56 bits per heavy atom. The number of hydrogen-bond donors (Lipinski definition) is 1. The molecule has 1 aliphatic heterocycles. The van der Waals surface area contributed by atoms with E-state index in [0.29, 0.717) is 5.82 Å². The van der Waals surface area contributed by atoms with E-state index in [0.717, 1.165) is 19.5 Å². The molecule has 0 spiro atoms. The van der Waals surface area contributed by atoms with Crippen LogP contribution in [-0.2, 0) is 0 Å². The van der Waals surface area contributed by atoms with Crippen molar-refractivity contribution in [2.75, 3.05) is 18.0 Å². The van der Waals surface area contributed by atoms with E-state index in [1.54, 1.807) is 18.3 Å². The number of aromatic carboxylic acids is 1. The van der Waals surface area contributed by atoms with Crippen LogP contribution in [0.5, 0.6) is 0 Å². The maximum atomic E-state index is 11.1. The Kier molecular flexibility index (Phi) is 2.90. The van der Waals surface area contributed by atoms with Gasteiger partial charge in [-0.1, -0.05) is 11.6 Å². The molecule has 16 heavy (non-hydrogen) atoms. The van der Waals surface area contributed by atoms with E-state index in [1.807, 2.05) is 4.90 Å². The van der Waals surface area contributed by atoms with Crippen molar-refractivity contribution in [1.29, 1.82) is 0 Å². The molecule has 84 valence electrons. The summed E-state index contributed by atoms with van der Waals surface area (Å²) in [6, 6.07) is 3.25. The van der Waals surface area contributed by atoms with Crippen molar-refractivity contribution in [2.45, 2.75) is 13.3 Å². The van der Waals surface area contributed by atoms with Gasteiger partial charge in [0.05, 0.1) is 0 Å². The molecule has 0 aliphatic carbocycles. The second-order valence-electron chi connectivity index (χ2n) is 3.94. The van der Waals surface area contributed by atoms with Crippen LogP contribution in [0.4, 0.5) is 5.82 Å². The van der Waals surface area contributed by atoms with Crippen molar-refractivity contribution in [3.8, 4) is 0 Å². The van der Waals surface area contributed by atoms with Crippen LogP contribution in [0.3, 0.4) is 0 Å². The van der Waals surface area contributed by atoms with E-state index < -0.39 is 5.97 Å². The highest BCUT2D eigenvalue weighted by atomic mass is 16.4. The maximum absolute atomic E-state index is 11.1. The molecule has 1 N–H and O–H groups in total.